The molecule has 0 N–H and O–H groups in total. The minimum Gasteiger partial charge on any atom is -0.481 e. The summed E-state index contributed by atoms with van der Waals surface area (Å²) in [5.41, 5.74) is 0.895. The number of allylic oxidation sites excluding steroid dienone is 1. The van der Waals surface area contributed by atoms with E-state index in [0.717, 1.165) is 31.1 Å². The molecule has 0 aromatic heterocycles. The predicted molar refractivity (Wildman–Crippen MR) is 69.2 cm³/mol. The van der Waals surface area contributed by atoms with Crippen LogP contribution in [0.3, 0.4) is 0 Å². The average molecular weight is 288 g/mol. The van der Waals surface area contributed by atoms with Crippen LogP contribution in [-0.4, -0.2) is 30.2 Å². The summed E-state index contributed by atoms with van der Waals surface area (Å²) in [7, 11) is 1.61. The second-order valence-electron chi connectivity index (χ2n) is 3.81. The molecule has 4 heteroatoms. The number of nitrogens with zero attached hydrogens (tertiary/aromatic N) is 1. The van der Waals surface area contributed by atoms with Crippen LogP contribution in [0, 0.1) is 0 Å². The fourth-order valence-electron chi connectivity index (χ4n) is 1.60. The highest BCUT2D eigenvalue weighted by atomic mass is 79.9. The molecule has 0 heterocycles. The van der Waals surface area contributed by atoms with Gasteiger partial charge in [0.25, 0.3) is 0 Å². The Morgan fingerprint density at radius 3 is 2.69 bits per heavy atom. The first-order chi connectivity index (χ1) is 7.72. The van der Waals surface area contributed by atoms with Gasteiger partial charge in [-0.3, -0.25) is 0 Å². The number of methoxy groups -OCH3 is 1. The van der Waals surface area contributed by atoms with Crippen LogP contribution in [0.25, 0.3) is 0 Å². The van der Waals surface area contributed by atoms with Crippen molar-refractivity contribution < 1.29 is 9.53 Å². The number of aliphatic imine (C=N–C) groups is 1. The summed E-state index contributed by atoms with van der Waals surface area (Å²) in [4.78, 5) is 15.6. The summed E-state index contributed by atoms with van der Waals surface area (Å²) >= 11 is 3.56. The monoisotopic (exact) mass is 287 g/mol. The second-order valence-corrected chi connectivity index (χ2v) is 4.98. The topological polar surface area (TPSA) is 38.7 Å². The lowest BCUT2D eigenvalue weighted by atomic mass is 9.93. The Morgan fingerprint density at radius 1 is 1.56 bits per heavy atom. The smallest absolute Gasteiger partial charge is 0.212 e. The molecule has 0 amide bonds. The lowest BCUT2D eigenvalue weighted by Crippen LogP contribution is -2.31. The van der Waals surface area contributed by atoms with Crippen molar-refractivity contribution in [2.45, 2.75) is 43.5 Å². The van der Waals surface area contributed by atoms with E-state index in [0.29, 0.717) is 23.2 Å². The van der Waals surface area contributed by atoms with Crippen molar-refractivity contribution in [1.29, 1.82) is 0 Å². The van der Waals surface area contributed by atoms with E-state index >= 15 is 0 Å². The molecule has 0 aliphatic heterocycles. The highest BCUT2D eigenvalue weighted by Gasteiger charge is 2.28. The number of aldehydes is 1. The third-order valence-electron chi connectivity index (χ3n) is 2.66. The maximum atomic E-state index is 10.6. The maximum absolute atomic E-state index is 10.6. The van der Waals surface area contributed by atoms with E-state index in [1.807, 2.05) is 13.0 Å². The average Bonchev–Trinajstić information content (AvgIpc) is 2.28. The van der Waals surface area contributed by atoms with Crippen molar-refractivity contribution in [1.82, 2.24) is 0 Å². The van der Waals surface area contributed by atoms with Crippen LogP contribution in [-0.2, 0) is 9.53 Å². The van der Waals surface area contributed by atoms with Crippen molar-refractivity contribution in [2.75, 3.05) is 7.11 Å². The van der Waals surface area contributed by atoms with Gasteiger partial charge in [-0.15, -0.1) is 0 Å². The molecule has 0 saturated heterocycles. The van der Waals surface area contributed by atoms with E-state index in [9.17, 15) is 4.79 Å². The molecule has 0 aromatic carbocycles. The third kappa shape index (κ3) is 3.44. The van der Waals surface area contributed by atoms with Crippen molar-refractivity contribution in [2.24, 2.45) is 4.99 Å². The number of carbonyl (C=O) groups is 1. The lowest BCUT2D eigenvalue weighted by Gasteiger charge is -2.29. The first kappa shape index (κ1) is 13.4. The van der Waals surface area contributed by atoms with Crippen molar-refractivity contribution in [3.05, 3.63) is 11.6 Å². The molecule has 1 unspecified atom stereocenters. The van der Waals surface area contributed by atoms with Gasteiger partial charge >= 0.3 is 0 Å². The molecule has 1 aliphatic carbocycles. The molecule has 3 nitrogen and oxygen atoms in total. The number of hydrogen-bond acceptors (Lipinski definition) is 3. The molecule has 0 spiro atoms. The van der Waals surface area contributed by atoms with Gasteiger partial charge in [0.2, 0.25) is 5.90 Å². The summed E-state index contributed by atoms with van der Waals surface area (Å²) in [5, 5.41) is 0. The van der Waals surface area contributed by atoms with Crippen LogP contribution in [0.4, 0.5) is 0 Å². The van der Waals surface area contributed by atoms with E-state index in [4.69, 9.17) is 4.74 Å². The maximum Gasteiger partial charge on any atom is 0.212 e. The van der Waals surface area contributed by atoms with E-state index in [1.54, 1.807) is 7.11 Å². The van der Waals surface area contributed by atoms with E-state index in [1.165, 1.54) is 0 Å². The molecule has 2 atom stereocenters. The Kier molecular flexibility index (Phi) is 5.74. The summed E-state index contributed by atoms with van der Waals surface area (Å²) in [5.74, 6) is 0.614. The zero-order valence-corrected chi connectivity index (χ0v) is 11.4. The van der Waals surface area contributed by atoms with Gasteiger partial charge in [0.15, 0.2) is 0 Å². The van der Waals surface area contributed by atoms with Gasteiger partial charge in [-0.25, -0.2) is 4.99 Å². The quantitative estimate of drug-likeness (QED) is 0.338. The van der Waals surface area contributed by atoms with Crippen molar-refractivity contribution in [3.8, 4) is 0 Å². The van der Waals surface area contributed by atoms with Crippen LogP contribution in [0.15, 0.2) is 16.6 Å². The highest BCUT2D eigenvalue weighted by molar-refractivity contribution is 9.09. The minimum atomic E-state index is 0.293. The molecular weight excluding hydrogens is 270 g/mol. The Bertz CT molecular complexity index is 299. The molecule has 1 saturated carbocycles. The van der Waals surface area contributed by atoms with Gasteiger partial charge in [0.1, 0.15) is 6.29 Å². The number of alkyl halides is 1. The molecule has 1 aliphatic rings. The second kappa shape index (κ2) is 6.84. The number of hydrogen-bond donors (Lipinski definition) is 0. The van der Waals surface area contributed by atoms with E-state index < -0.39 is 0 Å². The van der Waals surface area contributed by atoms with Crippen LogP contribution < -0.4 is 0 Å². The van der Waals surface area contributed by atoms with Crippen molar-refractivity contribution >= 4 is 28.1 Å². The molecule has 90 valence electrons. The molecular formula is C12H18BrNO2. The van der Waals surface area contributed by atoms with Gasteiger partial charge in [-0.1, -0.05) is 28.9 Å². The molecule has 1 rings (SSSR count). The normalized spacial score (nSPS) is 26.2. The van der Waals surface area contributed by atoms with Gasteiger partial charge in [0.05, 0.1) is 13.2 Å². The molecule has 0 bridgehead atoms. The van der Waals surface area contributed by atoms with E-state index in [2.05, 4.69) is 20.9 Å². The summed E-state index contributed by atoms with van der Waals surface area (Å²) in [6.45, 7) is 2.04. The fourth-order valence-corrected chi connectivity index (χ4v) is 2.25. The van der Waals surface area contributed by atoms with Crippen LogP contribution >= 0.6 is 15.9 Å². The van der Waals surface area contributed by atoms with Gasteiger partial charge in [-0.05, 0) is 19.3 Å². The van der Waals surface area contributed by atoms with Crippen LogP contribution in [0.2, 0.25) is 0 Å². The van der Waals surface area contributed by atoms with E-state index in [-0.39, 0.29) is 0 Å². The first-order valence-electron chi connectivity index (χ1n) is 5.61. The molecule has 16 heavy (non-hydrogen) atoms. The Labute approximate surface area is 105 Å². The van der Waals surface area contributed by atoms with Crippen LogP contribution in [0.1, 0.15) is 32.6 Å². The van der Waals surface area contributed by atoms with Crippen molar-refractivity contribution in [3.63, 3.8) is 0 Å². The van der Waals surface area contributed by atoms with Gasteiger partial charge in [-0.2, -0.15) is 0 Å². The Hall–Kier alpha value is -0.640. The Morgan fingerprint density at radius 2 is 2.31 bits per heavy atom. The lowest BCUT2D eigenvalue weighted by molar-refractivity contribution is -0.107. The molecule has 0 radical (unpaired) electrons. The number of rotatable bonds is 5. The van der Waals surface area contributed by atoms with Gasteiger partial charge < -0.3 is 9.53 Å². The molecule has 1 fully saturated rings. The highest BCUT2D eigenvalue weighted by Crippen LogP contribution is 2.30. The summed E-state index contributed by atoms with van der Waals surface area (Å²) in [6, 6.07) is 0.293. The van der Waals surface area contributed by atoms with Crippen LogP contribution in [0.5, 0.6) is 0 Å². The predicted octanol–water partition coefficient (Wildman–Crippen LogP) is 2.88. The standard InChI is InChI=1S/C12H18BrNO2/c1-3-4-9(7-8-15)12(16-2)14-11-6-5-10(11)13/h4,8,10-11H,3,5-7H2,1-2H3/b9-4-,14-12+/t10?,11-/m1/s1. The zero-order valence-electron chi connectivity index (χ0n) is 9.78. The third-order valence-corrected chi connectivity index (χ3v) is 3.73. The summed E-state index contributed by atoms with van der Waals surface area (Å²) in [6.07, 6.45) is 6.39. The fraction of sp³-hybridized carbons (Fsp3) is 0.667. The summed E-state index contributed by atoms with van der Waals surface area (Å²) < 4.78 is 5.27. The number of carbonyl (C=O) groups excluding carboxylic acids is 1. The zero-order chi connectivity index (χ0) is 12.0. The van der Waals surface area contributed by atoms with Gasteiger partial charge in [0, 0.05) is 16.8 Å². The SMILES string of the molecule is CC/C=C(CC=O)\C(=N/[C@@H]1CCC1Br)OC. The molecule has 0 aromatic rings. The first-order valence-corrected chi connectivity index (χ1v) is 6.53. The number of ether oxygens (including phenoxy) is 1. The minimum absolute atomic E-state index is 0.293. The number of halogens is 1. The Balaban J connectivity index is 2.76. The largest absolute Gasteiger partial charge is 0.481 e.